The van der Waals surface area contributed by atoms with Crippen molar-refractivity contribution in [2.24, 2.45) is 0 Å². The third kappa shape index (κ3) is 3.74. The third-order valence-electron chi connectivity index (χ3n) is 2.78. The highest BCUT2D eigenvalue weighted by Gasteiger charge is 2.12. The molecule has 0 fully saturated rings. The quantitative estimate of drug-likeness (QED) is 0.838. The molecule has 0 aliphatic heterocycles. The molecule has 1 aromatic heterocycles. The van der Waals surface area contributed by atoms with Gasteiger partial charge in [0.05, 0.1) is 0 Å². The average Bonchev–Trinajstić information content (AvgIpc) is 2.88. The smallest absolute Gasteiger partial charge is 0.270 e. The van der Waals surface area contributed by atoms with Crippen molar-refractivity contribution in [3.05, 3.63) is 41.5 Å². The molecule has 0 aliphatic carbocycles. The van der Waals surface area contributed by atoms with Crippen molar-refractivity contribution >= 4 is 17.9 Å². The number of nitrogens with one attached hydrogen (secondary N) is 2. The predicted octanol–water partition coefficient (Wildman–Crippen LogP) is 2.15. The van der Waals surface area contributed by atoms with Crippen LogP contribution in [0.2, 0.25) is 0 Å². The molecule has 0 radical (unpaired) electrons. The molecule has 1 aromatic carbocycles. The van der Waals surface area contributed by atoms with Crippen LogP contribution in [-0.2, 0) is 10.2 Å². The van der Waals surface area contributed by atoms with E-state index in [0.717, 1.165) is 5.56 Å². The maximum absolute atomic E-state index is 11.6. The Labute approximate surface area is 117 Å². The Morgan fingerprint density at radius 1 is 1.25 bits per heavy atom. The van der Waals surface area contributed by atoms with Crippen LogP contribution in [0, 0.1) is 0 Å². The fourth-order valence-corrected chi connectivity index (χ4v) is 1.63. The van der Waals surface area contributed by atoms with E-state index in [2.05, 4.69) is 58.8 Å². The highest BCUT2D eigenvalue weighted by atomic mass is 16.1. The maximum Gasteiger partial charge on any atom is 0.270 e. The van der Waals surface area contributed by atoms with Crippen molar-refractivity contribution in [3.8, 4) is 0 Å². The number of carbonyl (C=O) groups excluding carboxylic acids is 1. The first kappa shape index (κ1) is 13.9. The molecular formula is C14H17N5O. The zero-order chi connectivity index (χ0) is 14.6. The summed E-state index contributed by atoms with van der Waals surface area (Å²) in [5.74, 6) is -0.144. The molecule has 2 N–H and O–H groups in total. The monoisotopic (exact) mass is 271 g/mol. The van der Waals surface area contributed by atoms with Crippen molar-refractivity contribution in [1.82, 2.24) is 20.6 Å². The first-order valence-electron chi connectivity index (χ1n) is 6.28. The summed E-state index contributed by atoms with van der Waals surface area (Å²) in [5, 5.41) is 15.4. The lowest BCUT2D eigenvalue weighted by Crippen LogP contribution is -2.10. The minimum atomic E-state index is -0.300. The molecule has 1 amide bonds. The van der Waals surface area contributed by atoms with Crippen LogP contribution >= 0.6 is 0 Å². The van der Waals surface area contributed by atoms with Gasteiger partial charge in [-0.3, -0.25) is 10.1 Å². The molecule has 0 bridgehead atoms. The van der Waals surface area contributed by atoms with Gasteiger partial charge < -0.3 is 0 Å². The SMILES string of the molecule is CC(C)(C)c1ccc(/C=C/C(=O)Nc2nn[nH]n2)cc1. The summed E-state index contributed by atoms with van der Waals surface area (Å²) in [6.07, 6.45) is 3.17. The van der Waals surface area contributed by atoms with E-state index in [1.54, 1.807) is 6.08 Å². The van der Waals surface area contributed by atoms with Crippen molar-refractivity contribution in [3.63, 3.8) is 0 Å². The minimum Gasteiger partial charge on any atom is -0.288 e. The maximum atomic E-state index is 11.6. The average molecular weight is 271 g/mol. The van der Waals surface area contributed by atoms with Crippen molar-refractivity contribution in [2.75, 3.05) is 5.32 Å². The van der Waals surface area contributed by atoms with E-state index in [9.17, 15) is 4.79 Å². The summed E-state index contributed by atoms with van der Waals surface area (Å²) in [6, 6.07) is 8.10. The van der Waals surface area contributed by atoms with Gasteiger partial charge in [0.1, 0.15) is 0 Å². The second-order valence-corrected chi connectivity index (χ2v) is 5.43. The summed E-state index contributed by atoms with van der Waals surface area (Å²) in [4.78, 5) is 11.6. The summed E-state index contributed by atoms with van der Waals surface area (Å²) in [7, 11) is 0. The zero-order valence-electron chi connectivity index (χ0n) is 11.7. The van der Waals surface area contributed by atoms with E-state index in [1.807, 2.05) is 12.1 Å². The van der Waals surface area contributed by atoms with Crippen LogP contribution in [0.25, 0.3) is 6.08 Å². The number of amides is 1. The molecule has 0 saturated heterocycles. The number of anilines is 1. The van der Waals surface area contributed by atoms with E-state index >= 15 is 0 Å². The molecular weight excluding hydrogens is 254 g/mol. The summed E-state index contributed by atoms with van der Waals surface area (Å²) < 4.78 is 0. The number of hydrogen-bond donors (Lipinski definition) is 2. The largest absolute Gasteiger partial charge is 0.288 e. The van der Waals surface area contributed by atoms with Crippen LogP contribution in [0.15, 0.2) is 30.3 Å². The number of tetrazole rings is 1. The first-order chi connectivity index (χ1) is 9.45. The molecule has 104 valence electrons. The topological polar surface area (TPSA) is 83.6 Å². The highest BCUT2D eigenvalue weighted by Crippen LogP contribution is 2.22. The molecule has 0 atom stereocenters. The van der Waals surface area contributed by atoms with Crippen molar-refractivity contribution in [2.45, 2.75) is 26.2 Å². The first-order valence-corrected chi connectivity index (χ1v) is 6.28. The lowest BCUT2D eigenvalue weighted by atomic mass is 9.87. The Morgan fingerprint density at radius 2 is 1.95 bits per heavy atom. The Morgan fingerprint density at radius 3 is 2.50 bits per heavy atom. The van der Waals surface area contributed by atoms with E-state index in [0.29, 0.717) is 0 Å². The number of hydrogen-bond acceptors (Lipinski definition) is 4. The van der Waals surface area contributed by atoms with Gasteiger partial charge in [0.25, 0.3) is 11.9 Å². The number of benzene rings is 1. The zero-order valence-corrected chi connectivity index (χ0v) is 11.7. The highest BCUT2D eigenvalue weighted by molar-refractivity contribution is 6.00. The number of H-pyrrole nitrogens is 1. The molecule has 0 spiro atoms. The van der Waals surface area contributed by atoms with Crippen LogP contribution in [0.4, 0.5) is 5.95 Å². The molecule has 6 heteroatoms. The van der Waals surface area contributed by atoms with Gasteiger partial charge in [-0.05, 0) is 27.8 Å². The molecule has 6 nitrogen and oxygen atoms in total. The van der Waals surface area contributed by atoms with Gasteiger partial charge in [-0.2, -0.15) is 5.21 Å². The number of aromatic nitrogens is 4. The predicted molar refractivity (Wildman–Crippen MR) is 77.0 cm³/mol. The summed E-state index contributed by atoms with van der Waals surface area (Å²) in [5.41, 5.74) is 2.34. The van der Waals surface area contributed by atoms with Crippen LogP contribution in [-0.4, -0.2) is 26.5 Å². The third-order valence-corrected chi connectivity index (χ3v) is 2.78. The number of aromatic amines is 1. The number of carbonyl (C=O) groups is 1. The van der Waals surface area contributed by atoms with Crippen LogP contribution in [0.1, 0.15) is 31.9 Å². The van der Waals surface area contributed by atoms with Gasteiger partial charge in [-0.15, -0.1) is 5.10 Å². The second-order valence-electron chi connectivity index (χ2n) is 5.43. The van der Waals surface area contributed by atoms with E-state index in [-0.39, 0.29) is 17.3 Å². The molecule has 0 saturated carbocycles. The lowest BCUT2D eigenvalue weighted by Gasteiger charge is -2.18. The molecule has 2 rings (SSSR count). The standard InChI is InChI=1S/C14H17N5O/c1-14(2,3)11-7-4-10(5-8-11)6-9-12(20)15-13-16-18-19-17-13/h4-9H,1-3H3,(H2,15,16,17,18,19,20)/b9-6+. The Kier molecular flexibility index (Phi) is 3.93. The fraction of sp³-hybridized carbons (Fsp3) is 0.286. The van der Waals surface area contributed by atoms with Gasteiger partial charge in [-0.25, -0.2) is 0 Å². The molecule has 2 aromatic rings. The molecule has 1 heterocycles. The number of nitrogens with zero attached hydrogens (tertiary/aromatic N) is 3. The fourth-order valence-electron chi connectivity index (χ4n) is 1.63. The second kappa shape index (κ2) is 5.64. The van der Waals surface area contributed by atoms with Crippen molar-refractivity contribution < 1.29 is 4.79 Å². The van der Waals surface area contributed by atoms with Gasteiger partial charge in [0.2, 0.25) is 0 Å². The lowest BCUT2D eigenvalue weighted by molar-refractivity contribution is -0.111. The summed E-state index contributed by atoms with van der Waals surface area (Å²) in [6.45, 7) is 6.49. The van der Waals surface area contributed by atoms with Gasteiger partial charge in [0.15, 0.2) is 0 Å². The molecule has 0 unspecified atom stereocenters. The van der Waals surface area contributed by atoms with E-state index in [1.165, 1.54) is 11.6 Å². The number of rotatable bonds is 3. The normalized spacial score (nSPS) is 11.8. The Bertz CT molecular complexity index is 593. The van der Waals surface area contributed by atoms with Gasteiger partial charge in [0, 0.05) is 6.08 Å². The van der Waals surface area contributed by atoms with E-state index < -0.39 is 0 Å². The Balaban J connectivity index is 1.99. The van der Waals surface area contributed by atoms with E-state index in [4.69, 9.17) is 0 Å². The van der Waals surface area contributed by atoms with Gasteiger partial charge >= 0.3 is 0 Å². The molecule has 20 heavy (non-hydrogen) atoms. The molecule has 0 aliphatic rings. The van der Waals surface area contributed by atoms with Crippen LogP contribution in [0.3, 0.4) is 0 Å². The van der Waals surface area contributed by atoms with Crippen molar-refractivity contribution in [1.29, 1.82) is 0 Å². The summed E-state index contributed by atoms with van der Waals surface area (Å²) >= 11 is 0. The van der Waals surface area contributed by atoms with Gasteiger partial charge in [-0.1, -0.05) is 50.1 Å². The minimum absolute atomic E-state index is 0.123. The van der Waals surface area contributed by atoms with Crippen LogP contribution < -0.4 is 5.32 Å². The Hall–Kier alpha value is -2.50. The van der Waals surface area contributed by atoms with Crippen LogP contribution in [0.5, 0.6) is 0 Å².